The lowest BCUT2D eigenvalue weighted by Gasteiger charge is -2.32. The van der Waals surface area contributed by atoms with Crippen LogP contribution in [0.5, 0.6) is 0 Å². The van der Waals surface area contributed by atoms with Crippen molar-refractivity contribution in [3.05, 3.63) is 36.0 Å². The molecule has 2 aliphatic rings. The second-order valence-electron chi connectivity index (χ2n) is 8.15. The molecule has 4 N–H and O–H groups in total. The Balaban J connectivity index is 2.31. The first kappa shape index (κ1) is 20.3. The van der Waals surface area contributed by atoms with Crippen molar-refractivity contribution in [1.29, 1.82) is 0 Å². The summed E-state index contributed by atoms with van der Waals surface area (Å²) in [4.78, 5) is 0. The molecule has 0 saturated carbocycles. The molecular weight excluding hydrogens is 320 g/mol. The molecule has 0 amide bonds. The van der Waals surface area contributed by atoms with Crippen molar-refractivity contribution < 1.29 is 25.2 Å². The van der Waals surface area contributed by atoms with E-state index in [2.05, 4.69) is 6.58 Å². The van der Waals surface area contributed by atoms with Crippen LogP contribution in [0, 0.1) is 0 Å². The summed E-state index contributed by atoms with van der Waals surface area (Å²) in [5, 5.41) is 42.4. The molecule has 0 bridgehead atoms. The van der Waals surface area contributed by atoms with Gasteiger partial charge in [-0.15, -0.1) is 0 Å². The summed E-state index contributed by atoms with van der Waals surface area (Å²) in [6, 6.07) is 0. The van der Waals surface area contributed by atoms with E-state index in [-0.39, 0.29) is 6.42 Å². The molecule has 0 radical (unpaired) electrons. The van der Waals surface area contributed by atoms with Crippen LogP contribution in [0.15, 0.2) is 36.0 Å². The Kier molecular flexibility index (Phi) is 5.96. The van der Waals surface area contributed by atoms with Crippen LogP contribution in [0.3, 0.4) is 0 Å². The molecule has 0 spiro atoms. The fourth-order valence-corrected chi connectivity index (χ4v) is 3.39. The Morgan fingerprint density at radius 2 is 1.88 bits per heavy atom. The summed E-state index contributed by atoms with van der Waals surface area (Å²) in [7, 11) is 0. The number of ether oxygens (including phenoxy) is 1. The SMILES string of the molecule is C=C1CO[C@@H]2C=C(C)CC[C@H](O)[C@](C)(O)CC=C[C@](C)(O)CC[C@]12O. The van der Waals surface area contributed by atoms with Crippen LogP contribution in [0.2, 0.25) is 0 Å². The predicted molar refractivity (Wildman–Crippen MR) is 97.1 cm³/mol. The molecule has 2 rings (SSSR count). The quantitative estimate of drug-likeness (QED) is 0.501. The van der Waals surface area contributed by atoms with Crippen molar-refractivity contribution in [2.75, 3.05) is 6.61 Å². The zero-order chi connectivity index (χ0) is 18.9. The standard InChI is InChI=1S/C20H32O5/c1-14-6-7-16(21)19(4,23)9-5-8-18(3,22)10-11-20(24)15(2)13-25-17(20)12-14/h5,8,12,16-17,21-24H,2,6-7,9-11,13H2,1,3-4H3/t16-,17+,18-,19+,20-/m0/s1. The van der Waals surface area contributed by atoms with Crippen molar-refractivity contribution in [2.45, 2.75) is 81.9 Å². The number of aliphatic hydroxyl groups excluding tert-OH is 1. The normalized spacial score (nSPS) is 44.1. The number of rotatable bonds is 0. The van der Waals surface area contributed by atoms with Crippen LogP contribution < -0.4 is 0 Å². The van der Waals surface area contributed by atoms with E-state index in [4.69, 9.17) is 4.74 Å². The Hall–Kier alpha value is -0.980. The van der Waals surface area contributed by atoms with Gasteiger partial charge in [-0.1, -0.05) is 30.4 Å². The number of fused-ring (bicyclic) bond motifs is 1. The summed E-state index contributed by atoms with van der Waals surface area (Å²) in [5.41, 5.74) is -1.99. The van der Waals surface area contributed by atoms with Crippen molar-refractivity contribution in [1.82, 2.24) is 0 Å². The van der Waals surface area contributed by atoms with Crippen LogP contribution in [-0.4, -0.2) is 56.0 Å². The molecule has 142 valence electrons. The molecule has 0 unspecified atom stereocenters. The van der Waals surface area contributed by atoms with E-state index in [1.807, 2.05) is 13.0 Å². The minimum atomic E-state index is -1.25. The minimum absolute atomic E-state index is 0.246. The first-order valence-corrected chi connectivity index (χ1v) is 8.96. The fraction of sp³-hybridized carbons (Fsp3) is 0.700. The van der Waals surface area contributed by atoms with Crippen molar-refractivity contribution >= 4 is 0 Å². The largest absolute Gasteiger partial charge is 0.390 e. The summed E-state index contributed by atoms with van der Waals surface area (Å²) in [5.74, 6) is 0. The Morgan fingerprint density at radius 1 is 1.20 bits per heavy atom. The topological polar surface area (TPSA) is 90.2 Å². The van der Waals surface area contributed by atoms with E-state index in [0.717, 1.165) is 5.57 Å². The minimum Gasteiger partial charge on any atom is -0.390 e. The van der Waals surface area contributed by atoms with Gasteiger partial charge in [0.1, 0.15) is 11.7 Å². The number of hydrogen-bond donors (Lipinski definition) is 4. The molecule has 1 aliphatic heterocycles. The Bertz CT molecular complexity index is 560. The number of hydrogen-bond acceptors (Lipinski definition) is 5. The monoisotopic (exact) mass is 352 g/mol. The second kappa shape index (κ2) is 7.33. The zero-order valence-electron chi connectivity index (χ0n) is 15.5. The third-order valence-electron chi connectivity index (χ3n) is 5.51. The highest BCUT2D eigenvalue weighted by Gasteiger charge is 2.45. The predicted octanol–water partition coefficient (Wildman–Crippen LogP) is 2.00. The fourth-order valence-electron chi connectivity index (χ4n) is 3.39. The number of allylic oxidation sites excluding steroid dienone is 1. The lowest BCUT2D eigenvalue weighted by Crippen LogP contribution is -2.41. The van der Waals surface area contributed by atoms with Gasteiger partial charge in [-0.05, 0) is 58.4 Å². The van der Waals surface area contributed by atoms with Gasteiger partial charge in [-0.2, -0.15) is 0 Å². The lowest BCUT2D eigenvalue weighted by molar-refractivity contribution is -0.0628. The molecular formula is C20H32O5. The van der Waals surface area contributed by atoms with E-state index in [1.165, 1.54) is 0 Å². The molecule has 1 saturated heterocycles. The third kappa shape index (κ3) is 4.80. The van der Waals surface area contributed by atoms with Crippen LogP contribution >= 0.6 is 0 Å². The highest BCUT2D eigenvalue weighted by Crippen LogP contribution is 2.37. The maximum absolute atomic E-state index is 11.1. The van der Waals surface area contributed by atoms with E-state index in [9.17, 15) is 20.4 Å². The van der Waals surface area contributed by atoms with E-state index in [0.29, 0.717) is 37.9 Å². The molecule has 5 atom stereocenters. The van der Waals surface area contributed by atoms with Crippen LogP contribution in [0.4, 0.5) is 0 Å². The second-order valence-corrected chi connectivity index (χ2v) is 8.15. The highest BCUT2D eigenvalue weighted by atomic mass is 16.5. The third-order valence-corrected chi connectivity index (χ3v) is 5.51. The summed E-state index contributed by atoms with van der Waals surface area (Å²) in [6.07, 6.45) is 5.70. The maximum atomic E-state index is 11.1. The molecule has 25 heavy (non-hydrogen) atoms. The van der Waals surface area contributed by atoms with Crippen molar-refractivity contribution in [2.24, 2.45) is 0 Å². The molecule has 1 aliphatic carbocycles. The van der Waals surface area contributed by atoms with Gasteiger partial charge in [0, 0.05) is 0 Å². The van der Waals surface area contributed by atoms with Gasteiger partial charge >= 0.3 is 0 Å². The molecule has 0 aromatic rings. The van der Waals surface area contributed by atoms with Crippen molar-refractivity contribution in [3.63, 3.8) is 0 Å². The van der Waals surface area contributed by atoms with Gasteiger partial charge in [0.2, 0.25) is 0 Å². The number of aliphatic hydroxyl groups is 4. The van der Waals surface area contributed by atoms with Crippen LogP contribution in [0.1, 0.15) is 52.9 Å². The van der Waals surface area contributed by atoms with Gasteiger partial charge in [-0.3, -0.25) is 0 Å². The molecule has 1 fully saturated rings. The smallest absolute Gasteiger partial charge is 0.117 e. The highest BCUT2D eigenvalue weighted by molar-refractivity contribution is 5.26. The summed E-state index contributed by atoms with van der Waals surface area (Å²) >= 11 is 0. The summed E-state index contributed by atoms with van der Waals surface area (Å²) < 4.78 is 5.70. The van der Waals surface area contributed by atoms with E-state index < -0.39 is 29.0 Å². The van der Waals surface area contributed by atoms with E-state index >= 15 is 0 Å². The maximum Gasteiger partial charge on any atom is 0.117 e. The van der Waals surface area contributed by atoms with Gasteiger partial charge in [0.25, 0.3) is 0 Å². The average molecular weight is 352 g/mol. The first-order chi connectivity index (χ1) is 11.5. The first-order valence-electron chi connectivity index (χ1n) is 8.96. The lowest BCUT2D eigenvalue weighted by atomic mass is 9.81. The molecule has 0 aromatic carbocycles. The van der Waals surface area contributed by atoms with Gasteiger partial charge in [0.05, 0.1) is 23.9 Å². The molecule has 5 heteroatoms. The summed E-state index contributed by atoms with van der Waals surface area (Å²) in [6.45, 7) is 9.42. The Morgan fingerprint density at radius 3 is 2.56 bits per heavy atom. The Labute approximate surface area is 150 Å². The van der Waals surface area contributed by atoms with Gasteiger partial charge in [0.15, 0.2) is 0 Å². The van der Waals surface area contributed by atoms with Gasteiger partial charge < -0.3 is 25.2 Å². The zero-order valence-corrected chi connectivity index (χ0v) is 15.5. The van der Waals surface area contributed by atoms with Gasteiger partial charge in [-0.25, -0.2) is 0 Å². The van der Waals surface area contributed by atoms with Crippen LogP contribution in [-0.2, 0) is 4.74 Å². The average Bonchev–Trinajstić information content (AvgIpc) is 2.78. The molecule has 0 aromatic heterocycles. The van der Waals surface area contributed by atoms with E-state index in [1.54, 1.807) is 26.0 Å². The van der Waals surface area contributed by atoms with Crippen LogP contribution in [0.25, 0.3) is 0 Å². The molecule has 1 heterocycles. The van der Waals surface area contributed by atoms with Crippen molar-refractivity contribution in [3.8, 4) is 0 Å². The molecule has 5 nitrogen and oxygen atoms in total.